The van der Waals surface area contributed by atoms with Crippen LogP contribution in [0.25, 0.3) is 21.9 Å². The average Bonchev–Trinajstić information content (AvgIpc) is 3.35. The van der Waals surface area contributed by atoms with Gasteiger partial charge in [-0.1, -0.05) is 42.5 Å². The lowest BCUT2D eigenvalue weighted by Crippen LogP contribution is -2.08. The number of benzene rings is 4. The Balaban J connectivity index is 1.53. The van der Waals surface area contributed by atoms with Crippen molar-refractivity contribution in [2.75, 3.05) is 0 Å². The molecule has 0 N–H and O–H groups in total. The average molecular weight is 448 g/mol. The highest BCUT2D eigenvalue weighted by Gasteiger charge is 2.30. The summed E-state index contributed by atoms with van der Waals surface area (Å²) in [5, 5.41) is 2.90. The summed E-state index contributed by atoms with van der Waals surface area (Å²) in [5.74, 6) is 0.916. The van der Waals surface area contributed by atoms with Crippen molar-refractivity contribution >= 4 is 33.9 Å². The molecule has 0 bridgehead atoms. The monoisotopic (exact) mass is 448 g/mol. The Hall–Kier alpha value is -4.38. The van der Waals surface area contributed by atoms with Gasteiger partial charge < -0.3 is 14.2 Å². The molecule has 0 radical (unpaired) electrons. The number of hydrogen-bond donors (Lipinski definition) is 0. The van der Waals surface area contributed by atoms with Crippen LogP contribution >= 0.6 is 0 Å². The maximum Gasteiger partial charge on any atom is 0.344 e. The molecule has 0 saturated heterocycles. The second-order valence-corrected chi connectivity index (χ2v) is 8.57. The van der Waals surface area contributed by atoms with Gasteiger partial charge in [-0.2, -0.15) is 0 Å². The normalized spacial score (nSPS) is 14.3. The quantitative estimate of drug-likeness (QED) is 0.351. The lowest BCUT2D eigenvalue weighted by Gasteiger charge is -2.09. The van der Waals surface area contributed by atoms with E-state index in [1.165, 1.54) is 0 Å². The zero-order chi connectivity index (χ0) is 23.4. The van der Waals surface area contributed by atoms with E-state index in [0.29, 0.717) is 27.9 Å². The van der Waals surface area contributed by atoms with Gasteiger partial charge in [0.1, 0.15) is 17.2 Å². The van der Waals surface area contributed by atoms with Crippen LogP contribution in [0.1, 0.15) is 25.0 Å². The fourth-order valence-electron chi connectivity index (χ4n) is 4.60. The van der Waals surface area contributed by atoms with Crippen molar-refractivity contribution in [2.24, 2.45) is 0 Å². The Bertz CT molecular complexity index is 1610. The van der Waals surface area contributed by atoms with E-state index >= 15 is 0 Å². The molecular formula is C29H20O5. The minimum Gasteiger partial charge on any atom is -0.491 e. The predicted octanol–water partition coefficient (Wildman–Crippen LogP) is 3.86. The van der Waals surface area contributed by atoms with Crippen molar-refractivity contribution < 1.29 is 23.8 Å². The van der Waals surface area contributed by atoms with Gasteiger partial charge in [0.15, 0.2) is 0 Å². The third kappa shape index (κ3) is 3.09. The first-order valence-electron chi connectivity index (χ1n) is 11.1. The summed E-state index contributed by atoms with van der Waals surface area (Å²) >= 11 is 0. The van der Waals surface area contributed by atoms with Crippen LogP contribution in [0.3, 0.4) is 0 Å². The minimum absolute atomic E-state index is 0.0671. The summed E-state index contributed by atoms with van der Waals surface area (Å²) in [6.07, 6.45) is 0.0671. The minimum atomic E-state index is -0.408. The highest BCUT2D eigenvalue weighted by atomic mass is 16.5. The van der Waals surface area contributed by atoms with E-state index in [4.69, 9.17) is 14.2 Å². The largest absolute Gasteiger partial charge is 0.491 e. The molecule has 4 aromatic carbocycles. The summed E-state index contributed by atoms with van der Waals surface area (Å²) < 4.78 is 17.1. The van der Waals surface area contributed by atoms with Crippen LogP contribution in [0.15, 0.2) is 78.9 Å². The molecule has 4 aromatic rings. The number of carbonyl (C=O) groups excluding carboxylic acids is 2. The van der Waals surface area contributed by atoms with Gasteiger partial charge in [-0.05, 0) is 61.4 Å². The smallest absolute Gasteiger partial charge is 0.344 e. The molecule has 0 aromatic heterocycles. The zero-order valence-corrected chi connectivity index (χ0v) is 18.6. The molecule has 0 saturated carbocycles. The number of rotatable bonds is 4. The number of carbonyl (C=O) groups is 2. The van der Waals surface area contributed by atoms with E-state index in [2.05, 4.69) is 0 Å². The van der Waals surface area contributed by atoms with Crippen molar-refractivity contribution in [1.29, 1.82) is 0 Å². The highest BCUT2D eigenvalue weighted by Crippen LogP contribution is 2.35. The standard InChI is InChI=1S/C29H20O5/c1-16(2)32-19-10-8-18(9-11-19)25-23-15-13-20-21(27(23)34-29(25)31)12-14-22-24(28(30)33-26(20)22)17-6-4-3-5-7-17/h3-16H,1-2H3. The number of ether oxygens (including phenoxy) is 3. The van der Waals surface area contributed by atoms with E-state index in [1.807, 2.05) is 92.7 Å². The molecule has 5 nitrogen and oxygen atoms in total. The second kappa shape index (κ2) is 7.59. The van der Waals surface area contributed by atoms with Gasteiger partial charge in [0, 0.05) is 21.2 Å². The summed E-state index contributed by atoms with van der Waals surface area (Å²) in [4.78, 5) is 25.6. The summed E-state index contributed by atoms with van der Waals surface area (Å²) in [5.41, 5.74) is 2.60. The van der Waals surface area contributed by atoms with Gasteiger partial charge >= 0.3 is 11.9 Å². The first-order chi connectivity index (χ1) is 16.5. The van der Waals surface area contributed by atoms with E-state index < -0.39 is 5.97 Å². The molecule has 5 heteroatoms. The molecule has 0 atom stereocenters. The first-order valence-corrected chi connectivity index (χ1v) is 11.1. The van der Waals surface area contributed by atoms with Crippen molar-refractivity contribution in [3.63, 3.8) is 0 Å². The second-order valence-electron chi connectivity index (χ2n) is 8.57. The maximum absolute atomic E-state index is 12.9. The van der Waals surface area contributed by atoms with Crippen LogP contribution in [-0.2, 0) is 9.59 Å². The first kappa shape index (κ1) is 20.2. The van der Waals surface area contributed by atoms with Gasteiger partial charge in [-0.3, -0.25) is 0 Å². The number of fused-ring (bicyclic) bond motifs is 5. The van der Waals surface area contributed by atoms with Crippen molar-refractivity contribution in [3.05, 3.63) is 100 Å². The van der Waals surface area contributed by atoms with Crippen LogP contribution in [0, 0.1) is 0 Å². The van der Waals surface area contributed by atoms with E-state index in [9.17, 15) is 9.59 Å². The third-order valence-electron chi connectivity index (χ3n) is 6.02. The van der Waals surface area contributed by atoms with E-state index in [0.717, 1.165) is 32.9 Å². The Morgan fingerprint density at radius 3 is 1.62 bits per heavy atom. The molecule has 34 heavy (non-hydrogen) atoms. The Morgan fingerprint density at radius 1 is 0.618 bits per heavy atom. The number of esters is 2. The Morgan fingerprint density at radius 2 is 1.12 bits per heavy atom. The maximum atomic E-state index is 12.9. The molecule has 2 aliphatic heterocycles. The van der Waals surface area contributed by atoms with Crippen LogP contribution in [0.5, 0.6) is 17.2 Å². The molecule has 6 rings (SSSR count). The Kier molecular flexibility index (Phi) is 4.52. The van der Waals surface area contributed by atoms with Crippen molar-refractivity contribution in [1.82, 2.24) is 0 Å². The van der Waals surface area contributed by atoms with Gasteiger partial charge in [0.05, 0.1) is 17.3 Å². The SMILES string of the molecule is CC(C)Oc1ccc(C2=c3ccc4c5c(ccc4c3OC2=O)=C(c2ccccc2)C(=O)O5)cc1. The fraction of sp³-hybridized carbons (Fsp3) is 0.103. The van der Waals surface area contributed by atoms with Crippen LogP contribution in [0.2, 0.25) is 0 Å². The molecule has 2 heterocycles. The lowest BCUT2D eigenvalue weighted by molar-refractivity contribution is -0.128. The lowest BCUT2D eigenvalue weighted by atomic mass is 9.99. The van der Waals surface area contributed by atoms with Gasteiger partial charge in [-0.15, -0.1) is 0 Å². The fourth-order valence-corrected chi connectivity index (χ4v) is 4.60. The number of hydrogen-bond acceptors (Lipinski definition) is 5. The molecule has 0 fully saturated rings. The van der Waals surface area contributed by atoms with E-state index in [1.54, 1.807) is 0 Å². The predicted molar refractivity (Wildman–Crippen MR) is 128 cm³/mol. The van der Waals surface area contributed by atoms with Gasteiger partial charge in [0.25, 0.3) is 0 Å². The van der Waals surface area contributed by atoms with Crippen LogP contribution < -0.4 is 24.6 Å². The van der Waals surface area contributed by atoms with Gasteiger partial charge in [0.2, 0.25) is 0 Å². The third-order valence-corrected chi connectivity index (χ3v) is 6.02. The summed E-state index contributed by atoms with van der Waals surface area (Å²) in [6.45, 7) is 3.93. The molecule has 0 amide bonds. The zero-order valence-electron chi connectivity index (χ0n) is 18.6. The molecule has 0 unspecified atom stereocenters. The molecule has 0 aliphatic carbocycles. The van der Waals surface area contributed by atoms with Crippen molar-refractivity contribution in [2.45, 2.75) is 20.0 Å². The topological polar surface area (TPSA) is 61.8 Å². The van der Waals surface area contributed by atoms with Crippen LogP contribution in [-0.4, -0.2) is 18.0 Å². The molecule has 2 aliphatic rings. The summed E-state index contributed by atoms with van der Waals surface area (Å²) in [6, 6.07) is 24.3. The summed E-state index contributed by atoms with van der Waals surface area (Å²) in [7, 11) is 0. The highest BCUT2D eigenvalue weighted by molar-refractivity contribution is 6.23. The van der Waals surface area contributed by atoms with Crippen LogP contribution in [0.4, 0.5) is 0 Å². The van der Waals surface area contributed by atoms with E-state index in [-0.39, 0.29) is 12.1 Å². The molecule has 166 valence electrons. The Labute approximate surface area is 195 Å². The molecular weight excluding hydrogens is 428 g/mol. The van der Waals surface area contributed by atoms with Gasteiger partial charge in [-0.25, -0.2) is 9.59 Å². The van der Waals surface area contributed by atoms with Crippen molar-refractivity contribution in [3.8, 4) is 17.2 Å². The molecule has 0 spiro atoms.